The molecule has 1 heterocycles. The summed E-state index contributed by atoms with van der Waals surface area (Å²) in [7, 11) is 7.25. The second-order valence-corrected chi connectivity index (χ2v) is 7.04. The van der Waals surface area contributed by atoms with Gasteiger partial charge in [-0.1, -0.05) is 6.07 Å². The number of methoxy groups -OCH3 is 2. The zero-order valence-corrected chi connectivity index (χ0v) is 17.3. The molecule has 0 aliphatic carbocycles. The third-order valence-corrected chi connectivity index (χ3v) is 4.72. The molecule has 0 saturated heterocycles. The fourth-order valence-electron chi connectivity index (χ4n) is 2.78. The summed E-state index contributed by atoms with van der Waals surface area (Å²) >= 11 is 3.29. The van der Waals surface area contributed by atoms with Gasteiger partial charge in [0.25, 0.3) is 0 Å². The van der Waals surface area contributed by atoms with E-state index in [1.54, 1.807) is 20.3 Å². The van der Waals surface area contributed by atoms with E-state index in [1.165, 1.54) is 6.07 Å². The SMILES string of the molecule is COc1ccc(C(CNC(C)c2nc(Br)ccc2F)N(C)C)cc1OC. The number of hydrogen-bond acceptors (Lipinski definition) is 5. The maximum Gasteiger partial charge on any atom is 0.161 e. The molecule has 0 spiro atoms. The first kappa shape index (κ1) is 20.6. The molecule has 0 radical (unpaired) electrons. The van der Waals surface area contributed by atoms with E-state index in [2.05, 4.69) is 31.1 Å². The Morgan fingerprint density at radius 2 is 1.85 bits per heavy atom. The topological polar surface area (TPSA) is 46.6 Å². The van der Waals surface area contributed by atoms with Crippen molar-refractivity contribution in [3.63, 3.8) is 0 Å². The standard InChI is InChI=1S/C19H25BrFN3O2/c1-12(19-14(21)7-9-18(20)23-19)22-11-15(24(2)3)13-6-8-16(25-4)17(10-13)26-5/h6-10,12,15,22H,11H2,1-5H3. The van der Waals surface area contributed by atoms with Gasteiger partial charge >= 0.3 is 0 Å². The third kappa shape index (κ3) is 4.93. The van der Waals surface area contributed by atoms with Crippen molar-refractivity contribution in [2.24, 2.45) is 0 Å². The fraction of sp³-hybridized carbons (Fsp3) is 0.421. The van der Waals surface area contributed by atoms with Crippen molar-refractivity contribution in [3.8, 4) is 11.5 Å². The Kier molecular flexibility index (Phi) is 7.37. The molecule has 26 heavy (non-hydrogen) atoms. The van der Waals surface area contributed by atoms with Crippen LogP contribution in [0.15, 0.2) is 34.9 Å². The molecule has 2 atom stereocenters. The van der Waals surface area contributed by atoms with Crippen molar-refractivity contribution in [1.82, 2.24) is 15.2 Å². The number of benzene rings is 1. The maximum atomic E-state index is 14.0. The van der Waals surface area contributed by atoms with Crippen LogP contribution in [0.2, 0.25) is 0 Å². The number of rotatable bonds is 8. The minimum absolute atomic E-state index is 0.0764. The number of ether oxygens (including phenoxy) is 2. The van der Waals surface area contributed by atoms with Crippen LogP contribution in [0, 0.1) is 5.82 Å². The van der Waals surface area contributed by atoms with E-state index in [0.29, 0.717) is 28.3 Å². The van der Waals surface area contributed by atoms with Crippen LogP contribution in [0.5, 0.6) is 11.5 Å². The molecule has 0 bridgehead atoms. The van der Waals surface area contributed by atoms with Crippen LogP contribution in [-0.4, -0.2) is 44.7 Å². The largest absolute Gasteiger partial charge is 0.493 e. The first-order valence-corrected chi connectivity index (χ1v) is 9.10. The fourth-order valence-corrected chi connectivity index (χ4v) is 3.10. The lowest BCUT2D eigenvalue weighted by Gasteiger charge is -2.27. The van der Waals surface area contributed by atoms with Crippen LogP contribution >= 0.6 is 15.9 Å². The zero-order valence-electron chi connectivity index (χ0n) is 15.7. The summed E-state index contributed by atoms with van der Waals surface area (Å²) in [6.07, 6.45) is 0. The molecule has 1 aromatic carbocycles. The molecule has 0 aliphatic heterocycles. The van der Waals surface area contributed by atoms with Crippen LogP contribution in [0.3, 0.4) is 0 Å². The van der Waals surface area contributed by atoms with E-state index in [-0.39, 0.29) is 17.9 Å². The monoisotopic (exact) mass is 425 g/mol. The Morgan fingerprint density at radius 1 is 1.15 bits per heavy atom. The van der Waals surface area contributed by atoms with Gasteiger partial charge in [-0.25, -0.2) is 9.37 Å². The number of hydrogen-bond donors (Lipinski definition) is 1. The summed E-state index contributed by atoms with van der Waals surface area (Å²) in [5.41, 5.74) is 1.47. The summed E-state index contributed by atoms with van der Waals surface area (Å²) in [6.45, 7) is 2.52. The molecular formula is C19H25BrFN3O2. The highest BCUT2D eigenvalue weighted by Crippen LogP contribution is 2.31. The van der Waals surface area contributed by atoms with Gasteiger partial charge in [-0.2, -0.15) is 0 Å². The molecule has 0 saturated carbocycles. The van der Waals surface area contributed by atoms with Crippen molar-refractivity contribution in [2.45, 2.75) is 19.0 Å². The van der Waals surface area contributed by atoms with Crippen LogP contribution in [0.1, 0.15) is 30.3 Å². The van der Waals surface area contributed by atoms with E-state index in [4.69, 9.17) is 9.47 Å². The van der Waals surface area contributed by atoms with E-state index < -0.39 is 0 Å². The molecule has 7 heteroatoms. The zero-order chi connectivity index (χ0) is 19.3. The summed E-state index contributed by atoms with van der Waals surface area (Å²) in [5, 5.41) is 3.38. The van der Waals surface area contributed by atoms with E-state index >= 15 is 0 Å². The lowest BCUT2D eigenvalue weighted by Crippen LogP contribution is -2.33. The molecule has 5 nitrogen and oxygen atoms in total. The number of halogens is 2. The maximum absolute atomic E-state index is 14.0. The second-order valence-electron chi connectivity index (χ2n) is 6.22. The van der Waals surface area contributed by atoms with Crippen molar-refractivity contribution in [3.05, 3.63) is 52.0 Å². The van der Waals surface area contributed by atoms with E-state index in [1.807, 2.05) is 39.2 Å². The molecule has 0 aliphatic rings. The lowest BCUT2D eigenvalue weighted by atomic mass is 10.0. The van der Waals surface area contributed by atoms with Gasteiger partial charge in [0.2, 0.25) is 0 Å². The van der Waals surface area contributed by atoms with Crippen molar-refractivity contribution >= 4 is 15.9 Å². The van der Waals surface area contributed by atoms with Gasteiger partial charge in [0.05, 0.1) is 19.9 Å². The summed E-state index contributed by atoms with van der Waals surface area (Å²) < 4.78 is 25.4. The minimum atomic E-state index is -0.319. The number of nitrogens with one attached hydrogen (secondary N) is 1. The smallest absolute Gasteiger partial charge is 0.161 e. The normalized spacial score (nSPS) is 13.5. The number of aromatic nitrogens is 1. The summed E-state index contributed by atoms with van der Waals surface area (Å²) in [6, 6.07) is 8.73. The predicted octanol–water partition coefficient (Wildman–Crippen LogP) is 3.95. The van der Waals surface area contributed by atoms with Gasteiger partial charge in [-0.05, 0) is 66.8 Å². The third-order valence-electron chi connectivity index (χ3n) is 4.28. The van der Waals surface area contributed by atoms with Gasteiger partial charge in [-0.3, -0.25) is 0 Å². The van der Waals surface area contributed by atoms with Gasteiger partial charge in [0, 0.05) is 18.6 Å². The average Bonchev–Trinajstić information content (AvgIpc) is 2.63. The minimum Gasteiger partial charge on any atom is -0.493 e. The van der Waals surface area contributed by atoms with Crippen molar-refractivity contribution < 1.29 is 13.9 Å². The second kappa shape index (κ2) is 9.30. The van der Waals surface area contributed by atoms with E-state index in [9.17, 15) is 4.39 Å². The molecule has 142 valence electrons. The van der Waals surface area contributed by atoms with Crippen molar-refractivity contribution in [1.29, 1.82) is 0 Å². The van der Waals surface area contributed by atoms with Gasteiger partial charge in [-0.15, -0.1) is 0 Å². The van der Waals surface area contributed by atoms with Gasteiger partial charge < -0.3 is 19.7 Å². The van der Waals surface area contributed by atoms with Crippen LogP contribution in [-0.2, 0) is 0 Å². The van der Waals surface area contributed by atoms with E-state index in [0.717, 1.165) is 5.56 Å². The highest BCUT2D eigenvalue weighted by Gasteiger charge is 2.19. The van der Waals surface area contributed by atoms with Crippen LogP contribution in [0.25, 0.3) is 0 Å². The lowest BCUT2D eigenvalue weighted by molar-refractivity contribution is 0.278. The summed E-state index contributed by atoms with van der Waals surface area (Å²) in [4.78, 5) is 6.35. The Bertz CT molecular complexity index is 743. The quantitative estimate of drug-likeness (QED) is 0.648. The number of likely N-dealkylation sites (N-methyl/N-ethyl adjacent to an activating group) is 1. The van der Waals surface area contributed by atoms with Crippen LogP contribution < -0.4 is 14.8 Å². The highest BCUT2D eigenvalue weighted by molar-refractivity contribution is 9.10. The molecule has 2 aromatic rings. The molecular weight excluding hydrogens is 401 g/mol. The first-order chi connectivity index (χ1) is 12.4. The first-order valence-electron chi connectivity index (χ1n) is 8.31. The van der Waals surface area contributed by atoms with Crippen molar-refractivity contribution in [2.75, 3.05) is 34.9 Å². The van der Waals surface area contributed by atoms with Gasteiger partial charge in [0.15, 0.2) is 11.5 Å². The predicted molar refractivity (Wildman–Crippen MR) is 104 cm³/mol. The number of pyridine rings is 1. The average molecular weight is 426 g/mol. The van der Waals surface area contributed by atoms with Crippen LogP contribution in [0.4, 0.5) is 4.39 Å². The summed E-state index contributed by atoms with van der Waals surface area (Å²) in [5.74, 6) is 1.06. The Balaban J connectivity index is 2.17. The number of nitrogens with zero attached hydrogens (tertiary/aromatic N) is 2. The molecule has 0 fully saturated rings. The Hall–Kier alpha value is -1.70. The molecule has 1 aromatic heterocycles. The highest BCUT2D eigenvalue weighted by atomic mass is 79.9. The molecule has 0 amide bonds. The Morgan fingerprint density at radius 3 is 2.46 bits per heavy atom. The van der Waals surface area contributed by atoms with Gasteiger partial charge in [0.1, 0.15) is 10.4 Å². The molecule has 2 unspecified atom stereocenters. The molecule has 2 rings (SSSR count). The Labute approximate surface area is 162 Å². The molecule has 1 N–H and O–H groups in total.